The number of halogens is 4. The Balaban J connectivity index is 1.96. The number of rotatable bonds is 3. The molecule has 2 aromatic heterocycles. The van der Waals surface area contributed by atoms with Gasteiger partial charge in [0.1, 0.15) is 5.75 Å². The molecular formula is C18H13ClF3N3O2. The summed E-state index contributed by atoms with van der Waals surface area (Å²) in [6.07, 6.45) is -2.69. The van der Waals surface area contributed by atoms with E-state index < -0.39 is 17.3 Å². The maximum absolute atomic E-state index is 12.6. The molecule has 2 heterocycles. The van der Waals surface area contributed by atoms with Crippen molar-refractivity contribution in [3.63, 3.8) is 0 Å². The monoisotopic (exact) mass is 395 g/mol. The van der Waals surface area contributed by atoms with E-state index >= 15 is 0 Å². The van der Waals surface area contributed by atoms with Gasteiger partial charge in [-0.05, 0) is 43.2 Å². The lowest BCUT2D eigenvalue weighted by atomic mass is 10.1. The zero-order valence-corrected chi connectivity index (χ0v) is 15.0. The van der Waals surface area contributed by atoms with Gasteiger partial charge in [-0.1, -0.05) is 23.7 Å². The summed E-state index contributed by atoms with van der Waals surface area (Å²) in [6.45, 7) is 3.77. The van der Waals surface area contributed by atoms with Crippen LogP contribution >= 0.6 is 11.6 Å². The molecule has 27 heavy (non-hydrogen) atoms. The topological polar surface area (TPSA) is 57.0 Å². The summed E-state index contributed by atoms with van der Waals surface area (Å²) < 4.78 is 44.4. The quantitative estimate of drug-likeness (QED) is 0.644. The van der Waals surface area contributed by atoms with E-state index in [1.54, 1.807) is 12.1 Å². The summed E-state index contributed by atoms with van der Waals surface area (Å²) >= 11 is 6.09. The molecule has 0 bridgehead atoms. The molecule has 0 fully saturated rings. The fraction of sp³-hybridized carbons (Fsp3) is 0.167. The molecule has 1 aromatic carbocycles. The van der Waals surface area contributed by atoms with Gasteiger partial charge in [-0.15, -0.1) is 0 Å². The first-order chi connectivity index (χ1) is 12.7. The summed E-state index contributed by atoms with van der Waals surface area (Å²) in [5.74, 6) is 0.468. The molecular weight excluding hydrogens is 383 g/mol. The predicted octanol–water partition coefficient (Wildman–Crippen LogP) is 4.71. The lowest BCUT2D eigenvalue weighted by molar-refractivity contribution is -0.137. The van der Waals surface area contributed by atoms with Crippen LogP contribution in [0.3, 0.4) is 0 Å². The minimum absolute atomic E-state index is 0.0403. The third-order valence-electron chi connectivity index (χ3n) is 3.95. The van der Waals surface area contributed by atoms with Crippen molar-refractivity contribution in [2.75, 3.05) is 0 Å². The van der Waals surface area contributed by atoms with Gasteiger partial charge in [-0.25, -0.2) is 4.98 Å². The summed E-state index contributed by atoms with van der Waals surface area (Å²) in [5.41, 5.74) is 0.188. The van der Waals surface area contributed by atoms with E-state index in [1.165, 1.54) is 6.20 Å². The molecule has 9 heteroatoms. The molecule has 0 aliphatic carbocycles. The third kappa shape index (κ3) is 3.80. The van der Waals surface area contributed by atoms with Crippen molar-refractivity contribution in [2.24, 2.45) is 0 Å². The highest BCUT2D eigenvalue weighted by Crippen LogP contribution is 2.30. The maximum Gasteiger partial charge on any atom is 0.417 e. The highest BCUT2D eigenvalue weighted by atomic mass is 35.5. The lowest BCUT2D eigenvalue weighted by Crippen LogP contribution is -2.23. The minimum atomic E-state index is -4.52. The Bertz CT molecular complexity index is 1050. The molecule has 0 spiro atoms. The summed E-state index contributed by atoms with van der Waals surface area (Å²) in [4.78, 5) is 16.1. The van der Waals surface area contributed by atoms with Crippen LogP contribution in [0.15, 0.2) is 47.5 Å². The van der Waals surface area contributed by atoms with Crippen molar-refractivity contribution in [3.8, 4) is 17.3 Å². The molecule has 0 atom stereocenters. The lowest BCUT2D eigenvalue weighted by Gasteiger charge is -2.12. The molecule has 0 saturated carbocycles. The Morgan fingerprint density at radius 1 is 1.07 bits per heavy atom. The number of hydrogen-bond acceptors (Lipinski definition) is 4. The van der Waals surface area contributed by atoms with Crippen molar-refractivity contribution < 1.29 is 17.9 Å². The van der Waals surface area contributed by atoms with E-state index in [0.717, 1.165) is 27.9 Å². The van der Waals surface area contributed by atoms with Gasteiger partial charge >= 0.3 is 6.18 Å². The normalized spacial score (nSPS) is 11.5. The Kier molecular flexibility index (Phi) is 4.93. The first-order valence-electron chi connectivity index (χ1n) is 7.74. The molecule has 0 amide bonds. The van der Waals surface area contributed by atoms with Crippen molar-refractivity contribution in [1.82, 2.24) is 14.8 Å². The van der Waals surface area contributed by atoms with Gasteiger partial charge < -0.3 is 4.74 Å². The fourth-order valence-electron chi connectivity index (χ4n) is 2.28. The molecule has 0 unspecified atom stereocenters. The molecule has 0 aliphatic rings. The Morgan fingerprint density at radius 2 is 1.81 bits per heavy atom. The van der Waals surface area contributed by atoms with Gasteiger partial charge in [0.25, 0.3) is 5.56 Å². The standard InChI is InChI=1S/C18H13ClF3N3O2/c1-10-4-3-5-13(11(10)2)27-14-9-24-25(17(26)16(14)19)15-7-6-12(8-23-15)18(20,21)22/h3-9H,1-2H3. The second kappa shape index (κ2) is 7.03. The zero-order chi connectivity index (χ0) is 19.8. The second-order valence-corrected chi connectivity index (χ2v) is 6.12. The molecule has 5 nitrogen and oxygen atoms in total. The average molecular weight is 396 g/mol. The largest absolute Gasteiger partial charge is 0.454 e. The highest BCUT2D eigenvalue weighted by Gasteiger charge is 2.30. The predicted molar refractivity (Wildman–Crippen MR) is 93.6 cm³/mol. The Hall–Kier alpha value is -2.87. The van der Waals surface area contributed by atoms with E-state index in [0.29, 0.717) is 11.9 Å². The van der Waals surface area contributed by atoms with Crippen LogP contribution in [0.2, 0.25) is 5.02 Å². The van der Waals surface area contributed by atoms with Crippen LogP contribution in [0.25, 0.3) is 5.82 Å². The number of ether oxygens (including phenoxy) is 1. The smallest absolute Gasteiger partial charge is 0.417 e. The summed E-state index contributed by atoms with van der Waals surface area (Å²) in [5, 5.41) is 3.64. The number of aryl methyl sites for hydroxylation is 1. The van der Waals surface area contributed by atoms with Crippen LogP contribution in [0.4, 0.5) is 13.2 Å². The number of aromatic nitrogens is 3. The van der Waals surface area contributed by atoms with Gasteiger partial charge in [0.05, 0.1) is 11.8 Å². The molecule has 0 radical (unpaired) electrons. The number of alkyl halides is 3. The first-order valence-corrected chi connectivity index (χ1v) is 8.12. The van der Waals surface area contributed by atoms with Gasteiger partial charge in [0, 0.05) is 6.20 Å². The van der Waals surface area contributed by atoms with Crippen LogP contribution in [0.5, 0.6) is 11.5 Å². The molecule has 0 saturated heterocycles. The highest BCUT2D eigenvalue weighted by molar-refractivity contribution is 6.31. The van der Waals surface area contributed by atoms with E-state index in [9.17, 15) is 18.0 Å². The number of nitrogens with zero attached hydrogens (tertiary/aromatic N) is 3. The van der Waals surface area contributed by atoms with Crippen LogP contribution in [0.1, 0.15) is 16.7 Å². The summed E-state index contributed by atoms with van der Waals surface area (Å²) in [7, 11) is 0. The van der Waals surface area contributed by atoms with Crippen molar-refractivity contribution in [2.45, 2.75) is 20.0 Å². The first kappa shape index (κ1) is 18.9. The van der Waals surface area contributed by atoms with E-state index in [-0.39, 0.29) is 16.6 Å². The van der Waals surface area contributed by atoms with Crippen molar-refractivity contribution in [1.29, 1.82) is 0 Å². The minimum Gasteiger partial charge on any atom is -0.454 e. The maximum atomic E-state index is 12.6. The molecule has 3 aromatic rings. The molecule has 0 aliphatic heterocycles. The van der Waals surface area contributed by atoms with Gasteiger partial charge in [-0.2, -0.15) is 23.0 Å². The van der Waals surface area contributed by atoms with Gasteiger partial charge in [0.15, 0.2) is 16.6 Å². The number of pyridine rings is 1. The number of hydrogen-bond donors (Lipinski definition) is 0. The Labute approximate surface area is 157 Å². The molecule has 140 valence electrons. The molecule has 0 N–H and O–H groups in total. The zero-order valence-electron chi connectivity index (χ0n) is 14.2. The van der Waals surface area contributed by atoms with Crippen LogP contribution in [-0.4, -0.2) is 14.8 Å². The van der Waals surface area contributed by atoms with E-state index in [4.69, 9.17) is 16.3 Å². The summed E-state index contributed by atoms with van der Waals surface area (Å²) in [6, 6.07) is 7.29. The fourth-order valence-corrected chi connectivity index (χ4v) is 2.45. The van der Waals surface area contributed by atoms with E-state index in [1.807, 2.05) is 19.9 Å². The van der Waals surface area contributed by atoms with Gasteiger partial charge in [-0.3, -0.25) is 4.79 Å². The Morgan fingerprint density at radius 3 is 2.44 bits per heavy atom. The molecule has 3 rings (SSSR count). The van der Waals surface area contributed by atoms with Crippen molar-refractivity contribution in [3.05, 3.63) is 74.8 Å². The van der Waals surface area contributed by atoms with Crippen LogP contribution in [0, 0.1) is 13.8 Å². The average Bonchev–Trinajstić information content (AvgIpc) is 2.62. The van der Waals surface area contributed by atoms with Crippen LogP contribution in [-0.2, 0) is 6.18 Å². The van der Waals surface area contributed by atoms with Crippen LogP contribution < -0.4 is 10.3 Å². The van der Waals surface area contributed by atoms with Gasteiger partial charge in [0.2, 0.25) is 0 Å². The SMILES string of the molecule is Cc1cccc(Oc2cnn(-c3ccc(C(F)(F)F)cn3)c(=O)c2Cl)c1C. The van der Waals surface area contributed by atoms with E-state index in [2.05, 4.69) is 10.1 Å². The third-order valence-corrected chi connectivity index (χ3v) is 4.30. The second-order valence-electron chi connectivity index (χ2n) is 5.74. The van der Waals surface area contributed by atoms with Crippen molar-refractivity contribution >= 4 is 11.6 Å². The number of benzene rings is 1.